The van der Waals surface area contributed by atoms with Crippen molar-refractivity contribution in [2.24, 2.45) is 4.99 Å². The molecule has 0 aromatic heterocycles. The molecule has 3 rings (SSSR count). The lowest BCUT2D eigenvalue weighted by molar-refractivity contribution is -0.126. The quantitative estimate of drug-likeness (QED) is 0.734. The monoisotopic (exact) mass is 392 g/mol. The maximum Gasteiger partial charge on any atom is 0.233 e. The van der Waals surface area contributed by atoms with Gasteiger partial charge in [-0.25, -0.2) is 0 Å². The van der Waals surface area contributed by atoms with Crippen molar-refractivity contribution in [3.63, 3.8) is 0 Å². The van der Waals surface area contributed by atoms with Gasteiger partial charge in [-0.3, -0.25) is 14.7 Å². The Kier molecular flexibility index (Phi) is 6.05. The smallest absolute Gasteiger partial charge is 0.233 e. The number of carbonyl (C=O) groups excluding carboxylic acids is 1. The summed E-state index contributed by atoms with van der Waals surface area (Å²) in [5.74, 6) is 0.785. The molecule has 0 atom stereocenters. The van der Waals surface area contributed by atoms with Crippen LogP contribution in [0.2, 0.25) is 10.0 Å². The zero-order chi connectivity index (χ0) is 17.8. The molecule has 0 fully saturated rings. The zero-order valence-electron chi connectivity index (χ0n) is 13.8. The van der Waals surface area contributed by atoms with E-state index >= 15 is 0 Å². The summed E-state index contributed by atoms with van der Waals surface area (Å²) in [4.78, 5) is 18.9. The number of hydrogen-bond donors (Lipinski definition) is 0. The molecule has 1 amide bonds. The first-order chi connectivity index (χ1) is 12.0. The highest BCUT2D eigenvalue weighted by molar-refractivity contribution is 8.13. The van der Waals surface area contributed by atoms with E-state index < -0.39 is 0 Å². The number of amidine groups is 1. The normalized spacial score (nSPS) is 13.9. The van der Waals surface area contributed by atoms with Crippen molar-refractivity contribution < 1.29 is 4.79 Å². The van der Waals surface area contributed by atoms with Crippen LogP contribution in [0.3, 0.4) is 0 Å². The molecule has 6 heteroatoms. The predicted molar refractivity (Wildman–Crippen MR) is 107 cm³/mol. The zero-order valence-corrected chi connectivity index (χ0v) is 16.2. The van der Waals surface area contributed by atoms with Gasteiger partial charge in [0.1, 0.15) is 0 Å². The van der Waals surface area contributed by atoms with Crippen LogP contribution >= 0.6 is 35.0 Å². The average molecular weight is 393 g/mol. The van der Waals surface area contributed by atoms with Gasteiger partial charge < -0.3 is 0 Å². The maximum absolute atomic E-state index is 12.6. The second kappa shape index (κ2) is 8.26. The molecule has 1 aliphatic rings. The Labute approximate surface area is 162 Å². The van der Waals surface area contributed by atoms with E-state index in [4.69, 9.17) is 23.2 Å². The number of aryl methyl sites for hydroxylation is 1. The lowest BCUT2D eigenvalue weighted by Crippen LogP contribution is -2.34. The van der Waals surface area contributed by atoms with Crippen molar-refractivity contribution in [1.29, 1.82) is 0 Å². The van der Waals surface area contributed by atoms with Crippen LogP contribution in [-0.2, 0) is 17.0 Å². The molecule has 0 unspecified atom stereocenters. The third kappa shape index (κ3) is 4.78. The van der Waals surface area contributed by atoms with Gasteiger partial charge in [0.25, 0.3) is 0 Å². The van der Waals surface area contributed by atoms with Crippen LogP contribution < -0.4 is 0 Å². The molecule has 0 bridgehead atoms. The van der Waals surface area contributed by atoms with Gasteiger partial charge in [-0.2, -0.15) is 0 Å². The molecule has 1 aliphatic heterocycles. The largest absolute Gasteiger partial charge is 0.289 e. The number of benzene rings is 2. The Morgan fingerprint density at radius 1 is 1.16 bits per heavy atom. The molecule has 25 heavy (non-hydrogen) atoms. The Balaban J connectivity index is 1.61. The molecule has 2 aromatic carbocycles. The van der Waals surface area contributed by atoms with Crippen LogP contribution in [0.5, 0.6) is 0 Å². The molecule has 3 nitrogen and oxygen atoms in total. The van der Waals surface area contributed by atoms with Crippen LogP contribution in [0, 0.1) is 6.92 Å². The van der Waals surface area contributed by atoms with Crippen LogP contribution in [-0.4, -0.2) is 29.1 Å². The fraction of sp³-hybridized carbons (Fsp3) is 0.263. The summed E-state index contributed by atoms with van der Waals surface area (Å²) in [6.45, 7) is 3.33. The van der Waals surface area contributed by atoms with Crippen molar-refractivity contribution in [1.82, 2.24) is 4.90 Å². The van der Waals surface area contributed by atoms with Crippen molar-refractivity contribution in [3.8, 4) is 0 Å². The van der Waals surface area contributed by atoms with Gasteiger partial charge in [-0.1, -0.05) is 70.9 Å². The fourth-order valence-corrected chi connectivity index (χ4v) is 3.98. The summed E-state index contributed by atoms with van der Waals surface area (Å²) >= 11 is 13.6. The first-order valence-electron chi connectivity index (χ1n) is 8.00. The second-order valence-corrected chi connectivity index (χ2v) is 7.67. The number of thioether (sulfide) groups is 1. The van der Waals surface area contributed by atoms with Crippen LogP contribution in [0.1, 0.15) is 16.7 Å². The Morgan fingerprint density at radius 2 is 2.00 bits per heavy atom. The Bertz CT molecular complexity index is 823. The molecular formula is C19H18Cl2N2OS. The van der Waals surface area contributed by atoms with Gasteiger partial charge in [-0.15, -0.1) is 0 Å². The summed E-state index contributed by atoms with van der Waals surface area (Å²) in [7, 11) is 0. The van der Waals surface area contributed by atoms with E-state index in [2.05, 4.69) is 4.99 Å². The second-order valence-electron chi connectivity index (χ2n) is 5.91. The highest BCUT2D eigenvalue weighted by Crippen LogP contribution is 2.26. The van der Waals surface area contributed by atoms with Gasteiger partial charge in [0.05, 0.1) is 23.0 Å². The minimum atomic E-state index is 0.0866. The number of halogens is 2. The van der Waals surface area contributed by atoms with Crippen molar-refractivity contribution >= 4 is 46.0 Å². The van der Waals surface area contributed by atoms with Gasteiger partial charge in [0.15, 0.2) is 5.17 Å². The van der Waals surface area contributed by atoms with E-state index in [-0.39, 0.29) is 5.91 Å². The Morgan fingerprint density at radius 3 is 2.76 bits per heavy atom. The minimum Gasteiger partial charge on any atom is -0.289 e. The van der Waals surface area contributed by atoms with Gasteiger partial charge in [-0.05, 0) is 30.2 Å². The van der Waals surface area contributed by atoms with Crippen LogP contribution in [0.4, 0.5) is 0 Å². The molecule has 130 valence electrons. The van der Waals surface area contributed by atoms with Crippen molar-refractivity contribution in [2.45, 2.75) is 19.1 Å². The number of aliphatic imine (C=N–C) groups is 1. The summed E-state index contributed by atoms with van der Waals surface area (Å²) in [6, 6.07) is 13.6. The maximum atomic E-state index is 12.6. The molecule has 0 radical (unpaired) electrons. The number of hydrogen-bond acceptors (Lipinski definition) is 3. The third-order valence-corrected chi connectivity index (χ3v) is 5.72. The van der Waals surface area contributed by atoms with Crippen LogP contribution in [0.15, 0.2) is 47.5 Å². The minimum absolute atomic E-state index is 0.0866. The number of amides is 1. The first-order valence-corrected chi connectivity index (χ1v) is 9.74. The molecule has 1 heterocycles. The first kappa shape index (κ1) is 18.3. The summed E-state index contributed by atoms with van der Waals surface area (Å²) in [5, 5.41) is 1.87. The highest BCUT2D eigenvalue weighted by atomic mass is 35.5. The number of nitrogens with zero attached hydrogens (tertiary/aromatic N) is 2. The lowest BCUT2D eigenvalue weighted by atomic mass is 10.1. The molecule has 2 aromatic rings. The summed E-state index contributed by atoms with van der Waals surface area (Å²) in [6.07, 6.45) is 0.397. The highest BCUT2D eigenvalue weighted by Gasteiger charge is 2.24. The van der Waals surface area contributed by atoms with Crippen molar-refractivity contribution in [3.05, 3.63) is 69.2 Å². The SMILES string of the molecule is Cc1cccc(CC(=O)N2CCN=C2SCc2ccc(Cl)c(Cl)c2)c1. The van der Waals surface area contributed by atoms with E-state index in [1.54, 1.807) is 22.7 Å². The topological polar surface area (TPSA) is 32.7 Å². The van der Waals surface area contributed by atoms with E-state index in [1.807, 2.05) is 43.3 Å². The molecule has 0 aliphatic carbocycles. The van der Waals surface area contributed by atoms with E-state index in [1.165, 1.54) is 0 Å². The summed E-state index contributed by atoms with van der Waals surface area (Å²) < 4.78 is 0. The molecule has 0 saturated heterocycles. The fourth-order valence-electron chi connectivity index (χ4n) is 2.65. The summed E-state index contributed by atoms with van der Waals surface area (Å²) in [5.41, 5.74) is 3.25. The molecular weight excluding hydrogens is 375 g/mol. The molecule has 0 saturated carbocycles. The van der Waals surface area contributed by atoms with E-state index in [0.717, 1.165) is 21.9 Å². The predicted octanol–water partition coefficient (Wildman–Crippen LogP) is 4.98. The molecule has 0 N–H and O–H groups in total. The average Bonchev–Trinajstić information content (AvgIpc) is 3.05. The third-order valence-electron chi connectivity index (χ3n) is 3.89. The van der Waals surface area contributed by atoms with Crippen molar-refractivity contribution in [2.75, 3.05) is 13.1 Å². The van der Waals surface area contributed by atoms with Gasteiger partial charge in [0, 0.05) is 12.3 Å². The molecule has 0 spiro atoms. The van der Waals surface area contributed by atoms with E-state index in [0.29, 0.717) is 35.3 Å². The van der Waals surface area contributed by atoms with Crippen LogP contribution in [0.25, 0.3) is 0 Å². The van der Waals surface area contributed by atoms with Gasteiger partial charge in [0.2, 0.25) is 5.91 Å². The van der Waals surface area contributed by atoms with Gasteiger partial charge >= 0.3 is 0 Å². The lowest BCUT2D eigenvalue weighted by Gasteiger charge is -2.18. The number of carbonyl (C=O) groups is 1. The van der Waals surface area contributed by atoms with E-state index in [9.17, 15) is 4.79 Å². The Hall–Kier alpha value is -1.49. The standard InChI is InChI=1S/C19H18Cl2N2OS/c1-13-3-2-4-14(9-13)11-18(24)23-8-7-22-19(23)25-12-15-5-6-16(20)17(21)10-15/h2-6,9-10H,7-8,11-12H2,1H3. The number of rotatable bonds is 4.